The van der Waals surface area contributed by atoms with E-state index in [0.717, 1.165) is 38.0 Å². The van der Waals surface area contributed by atoms with Crippen molar-refractivity contribution in [1.29, 1.82) is 0 Å². The fourth-order valence-electron chi connectivity index (χ4n) is 3.17. The Labute approximate surface area is 139 Å². The van der Waals surface area contributed by atoms with Crippen LogP contribution in [0, 0.1) is 12.8 Å². The monoisotopic (exact) mass is 320 g/mol. The van der Waals surface area contributed by atoms with Gasteiger partial charge in [-0.15, -0.1) is 0 Å². The van der Waals surface area contributed by atoms with Gasteiger partial charge in [-0.25, -0.2) is 0 Å². The van der Waals surface area contributed by atoms with E-state index in [-0.39, 0.29) is 5.91 Å². The van der Waals surface area contributed by atoms with E-state index in [1.807, 2.05) is 31.0 Å². The number of likely N-dealkylation sites (tertiary alicyclic amines) is 1. The largest absolute Gasteiger partial charge is 0.496 e. The lowest BCUT2D eigenvalue weighted by Crippen LogP contribution is -2.39. The molecule has 0 atom stereocenters. The summed E-state index contributed by atoms with van der Waals surface area (Å²) < 4.78 is 10.7. The van der Waals surface area contributed by atoms with Gasteiger partial charge in [-0.05, 0) is 57.8 Å². The topological polar surface area (TPSA) is 50.8 Å². The van der Waals surface area contributed by atoms with Crippen LogP contribution in [0.5, 0.6) is 11.5 Å². The minimum Gasteiger partial charge on any atom is -0.496 e. The maximum absolute atomic E-state index is 12.8. The molecule has 0 saturated carbocycles. The molecule has 1 aromatic carbocycles. The number of carbonyl (C=O) groups is 1. The van der Waals surface area contributed by atoms with Crippen LogP contribution in [0.15, 0.2) is 12.1 Å². The third-order valence-electron chi connectivity index (χ3n) is 4.70. The van der Waals surface area contributed by atoms with Crippen LogP contribution in [-0.4, -0.2) is 51.7 Å². The molecule has 23 heavy (non-hydrogen) atoms. The Morgan fingerprint density at radius 2 is 1.78 bits per heavy atom. The average molecular weight is 320 g/mol. The Bertz CT molecular complexity index is 512. The second kappa shape index (κ2) is 8.20. The van der Waals surface area contributed by atoms with Gasteiger partial charge in [0.1, 0.15) is 11.5 Å². The number of ether oxygens (including phenoxy) is 2. The molecule has 5 nitrogen and oxygen atoms in total. The molecule has 1 fully saturated rings. The number of methoxy groups -OCH3 is 2. The number of amides is 1. The standard InChI is InChI=1S/C18H28N2O3/c1-13-16(22-3)11-15(12-17(13)23-4)18(21)20-9-6-14(7-10-20)5-8-19-2/h11-12,14,19H,5-10H2,1-4H3. The normalized spacial score (nSPS) is 15.6. The predicted octanol–water partition coefficient (Wildman–Crippen LogP) is 2.47. The van der Waals surface area contributed by atoms with Crippen molar-refractivity contribution in [3.63, 3.8) is 0 Å². The van der Waals surface area contributed by atoms with Crippen LogP contribution in [-0.2, 0) is 0 Å². The van der Waals surface area contributed by atoms with Crippen molar-refractivity contribution < 1.29 is 14.3 Å². The quantitative estimate of drug-likeness (QED) is 0.875. The summed E-state index contributed by atoms with van der Waals surface area (Å²) in [6.45, 7) is 4.63. The van der Waals surface area contributed by atoms with Crippen molar-refractivity contribution in [3.8, 4) is 11.5 Å². The second-order valence-electron chi connectivity index (χ2n) is 6.13. The molecular formula is C18H28N2O3. The van der Waals surface area contributed by atoms with E-state index in [9.17, 15) is 4.79 Å². The molecule has 1 aliphatic heterocycles. The number of benzene rings is 1. The van der Waals surface area contributed by atoms with Gasteiger partial charge in [-0.3, -0.25) is 4.79 Å². The molecule has 2 rings (SSSR count). The predicted molar refractivity (Wildman–Crippen MR) is 91.5 cm³/mol. The molecular weight excluding hydrogens is 292 g/mol. The van der Waals surface area contributed by atoms with E-state index >= 15 is 0 Å². The highest BCUT2D eigenvalue weighted by Crippen LogP contribution is 2.30. The highest BCUT2D eigenvalue weighted by molar-refractivity contribution is 5.95. The zero-order valence-corrected chi connectivity index (χ0v) is 14.6. The van der Waals surface area contributed by atoms with Crippen LogP contribution in [0.1, 0.15) is 35.2 Å². The average Bonchev–Trinajstić information content (AvgIpc) is 2.60. The number of rotatable bonds is 6. The molecule has 0 bridgehead atoms. The lowest BCUT2D eigenvalue weighted by Gasteiger charge is -2.32. The van der Waals surface area contributed by atoms with E-state index < -0.39 is 0 Å². The first-order valence-electron chi connectivity index (χ1n) is 8.27. The van der Waals surface area contributed by atoms with Gasteiger partial charge < -0.3 is 19.7 Å². The molecule has 0 aromatic heterocycles. The lowest BCUT2D eigenvalue weighted by atomic mass is 9.93. The van der Waals surface area contributed by atoms with Crippen LogP contribution in [0.4, 0.5) is 0 Å². The fraction of sp³-hybridized carbons (Fsp3) is 0.611. The van der Waals surface area contributed by atoms with Gasteiger partial charge in [0.25, 0.3) is 5.91 Å². The zero-order chi connectivity index (χ0) is 16.8. The maximum Gasteiger partial charge on any atom is 0.254 e. The Kier molecular flexibility index (Phi) is 6.28. The van der Waals surface area contributed by atoms with Crippen LogP contribution >= 0.6 is 0 Å². The Morgan fingerprint density at radius 1 is 1.22 bits per heavy atom. The van der Waals surface area contributed by atoms with Gasteiger partial charge >= 0.3 is 0 Å². The highest BCUT2D eigenvalue weighted by Gasteiger charge is 2.24. The summed E-state index contributed by atoms with van der Waals surface area (Å²) in [6, 6.07) is 3.63. The van der Waals surface area contributed by atoms with Crippen LogP contribution in [0.2, 0.25) is 0 Å². The van der Waals surface area contributed by atoms with Crippen LogP contribution in [0.25, 0.3) is 0 Å². The van der Waals surface area contributed by atoms with Gasteiger partial charge in [0.15, 0.2) is 0 Å². The minimum absolute atomic E-state index is 0.0636. The molecule has 1 N–H and O–H groups in total. The molecule has 0 aliphatic carbocycles. The van der Waals surface area contributed by atoms with Crippen molar-refractivity contribution in [2.24, 2.45) is 5.92 Å². The van der Waals surface area contributed by atoms with Crippen molar-refractivity contribution in [2.75, 3.05) is 40.9 Å². The van der Waals surface area contributed by atoms with E-state index in [0.29, 0.717) is 23.0 Å². The van der Waals surface area contributed by atoms with E-state index in [1.165, 1.54) is 6.42 Å². The fourth-order valence-corrected chi connectivity index (χ4v) is 3.17. The molecule has 1 amide bonds. The molecule has 0 unspecified atom stereocenters. The van der Waals surface area contributed by atoms with Gasteiger partial charge in [0, 0.05) is 24.2 Å². The van der Waals surface area contributed by atoms with Crippen molar-refractivity contribution in [1.82, 2.24) is 10.2 Å². The summed E-state index contributed by atoms with van der Waals surface area (Å²) in [7, 11) is 5.21. The summed E-state index contributed by atoms with van der Waals surface area (Å²) in [4.78, 5) is 14.7. The second-order valence-corrected chi connectivity index (χ2v) is 6.13. The molecule has 0 radical (unpaired) electrons. The third-order valence-corrected chi connectivity index (χ3v) is 4.70. The molecule has 1 aromatic rings. The van der Waals surface area contributed by atoms with Gasteiger partial charge in [0.2, 0.25) is 0 Å². The first kappa shape index (κ1) is 17.6. The smallest absolute Gasteiger partial charge is 0.254 e. The van der Waals surface area contributed by atoms with Crippen LogP contribution in [0.3, 0.4) is 0 Å². The van der Waals surface area contributed by atoms with Crippen molar-refractivity contribution in [2.45, 2.75) is 26.2 Å². The van der Waals surface area contributed by atoms with E-state index in [2.05, 4.69) is 5.32 Å². The van der Waals surface area contributed by atoms with Gasteiger partial charge in [-0.1, -0.05) is 0 Å². The van der Waals surface area contributed by atoms with Gasteiger partial charge in [0.05, 0.1) is 14.2 Å². The summed E-state index contributed by atoms with van der Waals surface area (Å²) in [6.07, 6.45) is 3.34. The molecule has 5 heteroatoms. The SMILES string of the molecule is CNCCC1CCN(C(=O)c2cc(OC)c(C)c(OC)c2)CC1. The molecule has 1 heterocycles. The first-order valence-corrected chi connectivity index (χ1v) is 8.27. The summed E-state index contributed by atoms with van der Waals surface area (Å²) in [5, 5.41) is 3.20. The number of carbonyl (C=O) groups excluding carboxylic acids is 1. The zero-order valence-electron chi connectivity index (χ0n) is 14.6. The number of hydrogen-bond donors (Lipinski definition) is 1. The summed E-state index contributed by atoms with van der Waals surface area (Å²) >= 11 is 0. The molecule has 1 aliphatic rings. The summed E-state index contributed by atoms with van der Waals surface area (Å²) in [5.74, 6) is 2.16. The Hall–Kier alpha value is -1.75. The first-order chi connectivity index (χ1) is 11.1. The Morgan fingerprint density at radius 3 is 2.26 bits per heavy atom. The summed E-state index contributed by atoms with van der Waals surface area (Å²) in [5.41, 5.74) is 1.55. The maximum atomic E-state index is 12.8. The van der Waals surface area contributed by atoms with E-state index in [4.69, 9.17) is 9.47 Å². The number of hydrogen-bond acceptors (Lipinski definition) is 4. The number of piperidine rings is 1. The number of nitrogens with one attached hydrogen (secondary N) is 1. The molecule has 0 spiro atoms. The van der Waals surface area contributed by atoms with Crippen LogP contribution < -0.4 is 14.8 Å². The minimum atomic E-state index is 0.0636. The molecule has 1 saturated heterocycles. The van der Waals surface area contributed by atoms with Gasteiger partial charge in [-0.2, -0.15) is 0 Å². The highest BCUT2D eigenvalue weighted by atomic mass is 16.5. The lowest BCUT2D eigenvalue weighted by molar-refractivity contribution is 0.0686. The Balaban J connectivity index is 2.06. The molecule has 128 valence electrons. The van der Waals surface area contributed by atoms with Crippen molar-refractivity contribution in [3.05, 3.63) is 23.3 Å². The van der Waals surface area contributed by atoms with E-state index in [1.54, 1.807) is 14.2 Å². The van der Waals surface area contributed by atoms with Crippen molar-refractivity contribution >= 4 is 5.91 Å². The number of nitrogens with zero attached hydrogens (tertiary/aromatic N) is 1. The third kappa shape index (κ3) is 4.16.